The number of carbonyl (C=O) groups excluding carboxylic acids is 2. The van der Waals surface area contributed by atoms with E-state index < -0.39 is 0 Å². The molecule has 0 N–H and O–H groups in total. The standard InChI is InChI=1S/C28H50O8/c1-11-21(25(29)31-9)17-27(5,6)23(19-35-33-13-3)15-16-24(20-36-34-14-4)28(7,8)18-22(12-2)26(30)32-10/h11-12,23-24H,13-20H2,1-10H3/b21-11+,22-12+. The van der Waals surface area contributed by atoms with Crippen LogP contribution in [0.15, 0.2) is 23.3 Å². The summed E-state index contributed by atoms with van der Waals surface area (Å²) in [6.07, 6.45) is 6.30. The maximum Gasteiger partial charge on any atom is 0.333 e. The Morgan fingerprint density at radius 3 is 1.25 bits per heavy atom. The van der Waals surface area contributed by atoms with E-state index in [1.165, 1.54) is 14.2 Å². The molecule has 0 amide bonds. The second-order valence-corrected chi connectivity index (χ2v) is 10.3. The van der Waals surface area contributed by atoms with Crippen molar-refractivity contribution in [3.63, 3.8) is 0 Å². The molecule has 0 aliphatic carbocycles. The number of carbonyl (C=O) groups is 2. The highest BCUT2D eigenvalue weighted by Crippen LogP contribution is 2.42. The van der Waals surface area contributed by atoms with E-state index in [-0.39, 0.29) is 34.6 Å². The van der Waals surface area contributed by atoms with E-state index in [1.807, 2.05) is 27.7 Å². The van der Waals surface area contributed by atoms with Gasteiger partial charge in [-0.25, -0.2) is 29.1 Å². The molecule has 0 saturated carbocycles. The van der Waals surface area contributed by atoms with Crippen molar-refractivity contribution in [3.8, 4) is 0 Å². The molecular formula is C28H50O8. The molecule has 0 aliphatic heterocycles. The Balaban J connectivity index is 5.83. The molecule has 8 heteroatoms. The number of rotatable bonds is 19. The molecular weight excluding hydrogens is 464 g/mol. The Labute approximate surface area is 218 Å². The summed E-state index contributed by atoms with van der Waals surface area (Å²) in [5, 5.41) is 0. The van der Waals surface area contributed by atoms with E-state index in [2.05, 4.69) is 27.7 Å². The van der Waals surface area contributed by atoms with Gasteiger partial charge in [-0.1, -0.05) is 39.8 Å². The van der Waals surface area contributed by atoms with Gasteiger partial charge in [0.25, 0.3) is 0 Å². The highest BCUT2D eigenvalue weighted by Gasteiger charge is 2.37. The largest absolute Gasteiger partial charge is 0.466 e. The molecule has 0 aromatic heterocycles. The van der Waals surface area contributed by atoms with Crippen molar-refractivity contribution in [2.75, 3.05) is 40.6 Å². The van der Waals surface area contributed by atoms with Crippen LogP contribution in [0.4, 0.5) is 0 Å². The van der Waals surface area contributed by atoms with Gasteiger partial charge in [0, 0.05) is 11.1 Å². The van der Waals surface area contributed by atoms with Gasteiger partial charge in [-0.3, -0.25) is 0 Å². The lowest BCUT2D eigenvalue weighted by Crippen LogP contribution is -2.34. The van der Waals surface area contributed by atoms with Gasteiger partial charge in [0.1, 0.15) is 0 Å². The Kier molecular flexibility index (Phi) is 16.8. The van der Waals surface area contributed by atoms with Gasteiger partial charge < -0.3 is 9.47 Å². The average molecular weight is 515 g/mol. The van der Waals surface area contributed by atoms with E-state index in [4.69, 9.17) is 29.0 Å². The first-order valence-electron chi connectivity index (χ1n) is 12.9. The molecule has 8 nitrogen and oxygen atoms in total. The van der Waals surface area contributed by atoms with Gasteiger partial charge in [0.05, 0.1) is 40.6 Å². The summed E-state index contributed by atoms with van der Waals surface area (Å²) in [4.78, 5) is 45.9. The van der Waals surface area contributed by atoms with Gasteiger partial charge in [-0.2, -0.15) is 0 Å². The molecule has 36 heavy (non-hydrogen) atoms. The minimum Gasteiger partial charge on any atom is -0.466 e. The quantitative estimate of drug-likeness (QED) is 0.0681. The molecule has 0 heterocycles. The normalized spacial score (nSPS) is 14.9. The highest BCUT2D eigenvalue weighted by molar-refractivity contribution is 5.88. The van der Waals surface area contributed by atoms with Crippen molar-refractivity contribution in [2.45, 2.75) is 81.1 Å². The summed E-state index contributed by atoms with van der Waals surface area (Å²) >= 11 is 0. The maximum atomic E-state index is 12.2. The van der Waals surface area contributed by atoms with Crippen molar-refractivity contribution < 1.29 is 38.6 Å². The van der Waals surface area contributed by atoms with Crippen LogP contribution in [0.5, 0.6) is 0 Å². The maximum absolute atomic E-state index is 12.2. The van der Waals surface area contributed by atoms with Gasteiger partial charge in [-0.05, 0) is 76.0 Å². The molecule has 0 radical (unpaired) electrons. The molecule has 0 aromatic carbocycles. The lowest BCUT2D eigenvalue weighted by Gasteiger charge is -2.38. The van der Waals surface area contributed by atoms with E-state index in [9.17, 15) is 9.59 Å². The number of allylic oxidation sites excluding steroid dienone is 2. The fourth-order valence-electron chi connectivity index (χ4n) is 4.35. The van der Waals surface area contributed by atoms with Gasteiger partial charge in [-0.15, -0.1) is 0 Å². The first kappa shape index (κ1) is 34.3. The second kappa shape index (κ2) is 17.7. The monoisotopic (exact) mass is 514 g/mol. The van der Waals surface area contributed by atoms with Crippen LogP contribution < -0.4 is 0 Å². The zero-order valence-corrected chi connectivity index (χ0v) is 24.2. The van der Waals surface area contributed by atoms with E-state index in [0.29, 0.717) is 50.4 Å². The summed E-state index contributed by atoms with van der Waals surface area (Å²) < 4.78 is 9.93. The zero-order chi connectivity index (χ0) is 27.8. The Hall–Kier alpha value is -1.74. The molecule has 0 bridgehead atoms. The van der Waals surface area contributed by atoms with Crippen LogP contribution in [0.3, 0.4) is 0 Å². The first-order chi connectivity index (χ1) is 16.9. The molecule has 0 saturated heterocycles. The van der Waals surface area contributed by atoms with Crippen molar-refractivity contribution in [1.82, 2.24) is 0 Å². The average Bonchev–Trinajstić information content (AvgIpc) is 2.85. The van der Waals surface area contributed by atoms with Crippen LogP contribution in [0, 0.1) is 22.7 Å². The minimum absolute atomic E-state index is 0.0795. The first-order valence-corrected chi connectivity index (χ1v) is 12.9. The summed E-state index contributed by atoms with van der Waals surface area (Å²) in [6.45, 7) is 17.6. The van der Waals surface area contributed by atoms with E-state index >= 15 is 0 Å². The van der Waals surface area contributed by atoms with E-state index in [1.54, 1.807) is 12.2 Å². The Morgan fingerprint density at radius 1 is 0.667 bits per heavy atom. The molecule has 0 fully saturated rings. The lowest BCUT2D eigenvalue weighted by atomic mass is 9.68. The minimum atomic E-state index is -0.319. The van der Waals surface area contributed by atoms with Crippen molar-refractivity contribution in [2.24, 2.45) is 22.7 Å². The third-order valence-electron chi connectivity index (χ3n) is 6.90. The molecule has 0 aromatic rings. The fourth-order valence-corrected chi connectivity index (χ4v) is 4.35. The predicted octanol–water partition coefficient (Wildman–Crippen LogP) is 6.01. The molecule has 2 atom stereocenters. The van der Waals surface area contributed by atoms with Crippen LogP contribution in [-0.2, 0) is 38.6 Å². The molecule has 2 unspecified atom stereocenters. The zero-order valence-electron chi connectivity index (χ0n) is 24.2. The smallest absolute Gasteiger partial charge is 0.333 e. The number of methoxy groups -OCH3 is 2. The van der Waals surface area contributed by atoms with Gasteiger partial charge in [0.15, 0.2) is 0 Å². The Bertz CT molecular complexity index is 648. The Morgan fingerprint density at radius 2 is 1.00 bits per heavy atom. The molecule has 210 valence electrons. The van der Waals surface area contributed by atoms with Crippen molar-refractivity contribution in [3.05, 3.63) is 23.3 Å². The number of hydrogen-bond acceptors (Lipinski definition) is 8. The van der Waals surface area contributed by atoms with E-state index in [0.717, 1.165) is 12.8 Å². The number of ether oxygens (including phenoxy) is 2. The SMILES string of the molecule is C/C=C(\CC(C)(C)C(CCC(COOCC)C(C)(C)C/C(=C\C)C(=O)OC)COOCC)C(=O)OC. The fraction of sp³-hybridized carbons (Fsp3) is 0.786. The third kappa shape index (κ3) is 12.0. The summed E-state index contributed by atoms with van der Waals surface area (Å²) in [6, 6.07) is 0. The van der Waals surface area contributed by atoms with Crippen LogP contribution in [0.2, 0.25) is 0 Å². The molecule has 0 spiro atoms. The van der Waals surface area contributed by atoms with Crippen molar-refractivity contribution >= 4 is 11.9 Å². The lowest BCUT2D eigenvalue weighted by molar-refractivity contribution is -0.306. The summed E-state index contributed by atoms with van der Waals surface area (Å²) in [5.41, 5.74) is 0.721. The number of hydrogen-bond donors (Lipinski definition) is 0. The highest BCUT2D eigenvalue weighted by atomic mass is 17.2. The van der Waals surface area contributed by atoms with Crippen LogP contribution in [0.1, 0.15) is 81.1 Å². The number of esters is 2. The topological polar surface area (TPSA) is 89.5 Å². The van der Waals surface area contributed by atoms with Gasteiger partial charge in [0.2, 0.25) is 0 Å². The second-order valence-electron chi connectivity index (χ2n) is 10.3. The third-order valence-corrected chi connectivity index (χ3v) is 6.90. The predicted molar refractivity (Wildman–Crippen MR) is 140 cm³/mol. The van der Waals surface area contributed by atoms with Crippen LogP contribution in [0.25, 0.3) is 0 Å². The van der Waals surface area contributed by atoms with Crippen LogP contribution >= 0.6 is 0 Å². The van der Waals surface area contributed by atoms with Crippen molar-refractivity contribution in [1.29, 1.82) is 0 Å². The van der Waals surface area contributed by atoms with Crippen LogP contribution in [-0.4, -0.2) is 52.6 Å². The van der Waals surface area contributed by atoms with Gasteiger partial charge >= 0.3 is 11.9 Å². The molecule has 0 aliphatic rings. The molecule has 0 rings (SSSR count). The summed E-state index contributed by atoms with van der Waals surface area (Å²) in [7, 11) is 2.79. The summed E-state index contributed by atoms with van der Waals surface area (Å²) in [5.74, 6) is -0.478.